The van der Waals surface area contributed by atoms with Crippen molar-refractivity contribution in [3.05, 3.63) is 12.2 Å². The molecule has 0 aromatic heterocycles. The molecule has 0 aromatic carbocycles. The van der Waals surface area contributed by atoms with Crippen LogP contribution in [0.15, 0.2) is 12.2 Å². The predicted molar refractivity (Wildman–Crippen MR) is 39.7 cm³/mol. The van der Waals surface area contributed by atoms with E-state index in [1.807, 2.05) is 6.92 Å². The van der Waals surface area contributed by atoms with Crippen LogP contribution in [0.1, 0.15) is 13.3 Å². The van der Waals surface area contributed by atoms with Crippen molar-refractivity contribution in [3.8, 4) is 0 Å². The molecule has 0 spiro atoms. The molecule has 10 heavy (non-hydrogen) atoms. The SMILES string of the molecule is C=C(C)[C@H]1COCC[C@@H]1O. The summed E-state index contributed by atoms with van der Waals surface area (Å²) in [5.41, 5.74) is 1.02. The molecule has 0 saturated carbocycles. The zero-order chi connectivity index (χ0) is 7.56. The first-order valence-corrected chi connectivity index (χ1v) is 3.63. The fourth-order valence-corrected chi connectivity index (χ4v) is 1.20. The molecule has 58 valence electrons. The summed E-state index contributed by atoms with van der Waals surface area (Å²) in [6, 6.07) is 0. The maximum atomic E-state index is 9.40. The second-order valence-electron chi connectivity index (χ2n) is 2.88. The molecule has 1 aliphatic heterocycles. The first-order valence-electron chi connectivity index (χ1n) is 3.63. The molecule has 0 aliphatic carbocycles. The Morgan fingerprint density at radius 3 is 2.80 bits per heavy atom. The zero-order valence-electron chi connectivity index (χ0n) is 6.34. The van der Waals surface area contributed by atoms with E-state index < -0.39 is 0 Å². The number of hydrogen-bond donors (Lipinski definition) is 1. The molecular weight excluding hydrogens is 128 g/mol. The second kappa shape index (κ2) is 3.17. The molecule has 2 nitrogen and oxygen atoms in total. The normalized spacial score (nSPS) is 33.8. The molecule has 0 radical (unpaired) electrons. The second-order valence-corrected chi connectivity index (χ2v) is 2.88. The van der Waals surface area contributed by atoms with Gasteiger partial charge in [0.2, 0.25) is 0 Å². The predicted octanol–water partition coefficient (Wildman–Crippen LogP) is 0.960. The average Bonchev–Trinajstić information content (AvgIpc) is 1.88. The van der Waals surface area contributed by atoms with Crippen molar-refractivity contribution in [1.29, 1.82) is 0 Å². The molecule has 1 rings (SSSR count). The van der Waals surface area contributed by atoms with Crippen molar-refractivity contribution in [1.82, 2.24) is 0 Å². The average molecular weight is 142 g/mol. The van der Waals surface area contributed by atoms with Crippen molar-refractivity contribution in [3.63, 3.8) is 0 Å². The zero-order valence-corrected chi connectivity index (χ0v) is 6.34. The van der Waals surface area contributed by atoms with Crippen LogP contribution in [0.5, 0.6) is 0 Å². The van der Waals surface area contributed by atoms with E-state index >= 15 is 0 Å². The first kappa shape index (κ1) is 7.76. The minimum absolute atomic E-state index is 0.161. The van der Waals surface area contributed by atoms with Crippen molar-refractivity contribution in [2.45, 2.75) is 19.4 Å². The lowest BCUT2D eigenvalue weighted by Crippen LogP contribution is -2.32. The first-order chi connectivity index (χ1) is 4.72. The van der Waals surface area contributed by atoms with Crippen LogP contribution in [0.3, 0.4) is 0 Å². The van der Waals surface area contributed by atoms with Crippen LogP contribution in [-0.2, 0) is 4.74 Å². The number of aliphatic hydroxyl groups is 1. The molecule has 1 N–H and O–H groups in total. The van der Waals surface area contributed by atoms with Crippen LogP contribution in [0.4, 0.5) is 0 Å². The van der Waals surface area contributed by atoms with Crippen molar-refractivity contribution in [2.24, 2.45) is 5.92 Å². The minimum Gasteiger partial charge on any atom is -0.392 e. The summed E-state index contributed by atoms with van der Waals surface area (Å²) < 4.78 is 5.19. The smallest absolute Gasteiger partial charge is 0.0649 e. The standard InChI is InChI=1S/C8H14O2/c1-6(2)7-5-10-4-3-8(7)9/h7-9H,1,3-5H2,2H3/t7-,8+/m1/s1. The van der Waals surface area contributed by atoms with Gasteiger partial charge in [-0.1, -0.05) is 12.2 Å². The van der Waals surface area contributed by atoms with Crippen LogP contribution >= 0.6 is 0 Å². The summed E-state index contributed by atoms with van der Waals surface area (Å²) in [5.74, 6) is 0.161. The monoisotopic (exact) mass is 142 g/mol. The molecule has 2 heteroatoms. The largest absolute Gasteiger partial charge is 0.392 e. The lowest BCUT2D eigenvalue weighted by atomic mass is 9.93. The van der Waals surface area contributed by atoms with Crippen LogP contribution < -0.4 is 0 Å². The van der Waals surface area contributed by atoms with E-state index in [1.165, 1.54) is 0 Å². The van der Waals surface area contributed by atoms with Gasteiger partial charge in [-0.15, -0.1) is 0 Å². The van der Waals surface area contributed by atoms with E-state index in [1.54, 1.807) is 0 Å². The Labute approximate surface area is 61.5 Å². The molecule has 0 bridgehead atoms. The Kier molecular flexibility index (Phi) is 2.46. The van der Waals surface area contributed by atoms with Crippen molar-refractivity contribution in [2.75, 3.05) is 13.2 Å². The fourth-order valence-electron chi connectivity index (χ4n) is 1.20. The highest BCUT2D eigenvalue weighted by Gasteiger charge is 2.23. The molecule has 1 heterocycles. The lowest BCUT2D eigenvalue weighted by Gasteiger charge is -2.27. The van der Waals surface area contributed by atoms with E-state index in [2.05, 4.69) is 6.58 Å². The lowest BCUT2D eigenvalue weighted by molar-refractivity contribution is -0.0215. The van der Waals surface area contributed by atoms with Gasteiger partial charge >= 0.3 is 0 Å². The number of ether oxygens (including phenoxy) is 1. The van der Waals surface area contributed by atoms with Gasteiger partial charge in [-0.2, -0.15) is 0 Å². The van der Waals surface area contributed by atoms with E-state index in [0.29, 0.717) is 13.2 Å². The van der Waals surface area contributed by atoms with E-state index in [4.69, 9.17) is 4.74 Å². The molecule has 1 aliphatic rings. The number of aliphatic hydroxyl groups excluding tert-OH is 1. The summed E-state index contributed by atoms with van der Waals surface area (Å²) in [6.07, 6.45) is 0.517. The third-order valence-corrected chi connectivity index (χ3v) is 1.95. The highest BCUT2D eigenvalue weighted by atomic mass is 16.5. The Morgan fingerprint density at radius 1 is 1.70 bits per heavy atom. The molecule has 1 saturated heterocycles. The van der Waals surface area contributed by atoms with Gasteiger partial charge in [-0.25, -0.2) is 0 Å². The summed E-state index contributed by atoms with van der Waals surface area (Å²) in [5, 5.41) is 9.40. The molecule has 2 atom stereocenters. The highest BCUT2D eigenvalue weighted by molar-refractivity contribution is 5.00. The van der Waals surface area contributed by atoms with Gasteiger partial charge in [-0.05, 0) is 13.3 Å². The van der Waals surface area contributed by atoms with E-state index in [-0.39, 0.29) is 12.0 Å². The van der Waals surface area contributed by atoms with Crippen molar-refractivity contribution < 1.29 is 9.84 Å². The fraction of sp³-hybridized carbons (Fsp3) is 0.750. The molecule has 0 amide bonds. The van der Waals surface area contributed by atoms with Gasteiger partial charge in [-0.3, -0.25) is 0 Å². The van der Waals surface area contributed by atoms with Gasteiger partial charge in [0.05, 0.1) is 12.7 Å². The maximum absolute atomic E-state index is 9.40. The highest BCUT2D eigenvalue weighted by Crippen LogP contribution is 2.20. The Bertz CT molecular complexity index is 131. The number of hydrogen-bond acceptors (Lipinski definition) is 2. The van der Waals surface area contributed by atoms with Crippen LogP contribution in [0, 0.1) is 5.92 Å². The Hall–Kier alpha value is -0.340. The van der Waals surface area contributed by atoms with Crippen LogP contribution in [0.25, 0.3) is 0 Å². The van der Waals surface area contributed by atoms with Crippen molar-refractivity contribution >= 4 is 0 Å². The van der Waals surface area contributed by atoms with E-state index in [0.717, 1.165) is 12.0 Å². The Morgan fingerprint density at radius 2 is 2.40 bits per heavy atom. The van der Waals surface area contributed by atoms with Crippen LogP contribution in [-0.4, -0.2) is 24.4 Å². The van der Waals surface area contributed by atoms with Gasteiger partial charge in [0, 0.05) is 12.5 Å². The Balaban J connectivity index is 2.47. The summed E-state index contributed by atoms with van der Waals surface area (Å²) in [7, 11) is 0. The van der Waals surface area contributed by atoms with Gasteiger partial charge < -0.3 is 9.84 Å². The molecule has 1 fully saturated rings. The third kappa shape index (κ3) is 1.58. The van der Waals surface area contributed by atoms with Gasteiger partial charge in [0.1, 0.15) is 0 Å². The third-order valence-electron chi connectivity index (χ3n) is 1.95. The summed E-state index contributed by atoms with van der Waals surface area (Å²) in [6.45, 7) is 7.04. The molecule has 0 unspecified atom stereocenters. The minimum atomic E-state index is -0.230. The van der Waals surface area contributed by atoms with Crippen LogP contribution in [0.2, 0.25) is 0 Å². The quantitative estimate of drug-likeness (QED) is 0.552. The summed E-state index contributed by atoms with van der Waals surface area (Å²) in [4.78, 5) is 0. The van der Waals surface area contributed by atoms with Gasteiger partial charge in [0.15, 0.2) is 0 Å². The summed E-state index contributed by atoms with van der Waals surface area (Å²) >= 11 is 0. The maximum Gasteiger partial charge on any atom is 0.0649 e. The topological polar surface area (TPSA) is 29.5 Å². The molecule has 0 aromatic rings. The van der Waals surface area contributed by atoms with Gasteiger partial charge in [0.25, 0.3) is 0 Å². The molecular formula is C8H14O2. The van der Waals surface area contributed by atoms with E-state index in [9.17, 15) is 5.11 Å². The number of rotatable bonds is 1.